The van der Waals surface area contributed by atoms with Gasteiger partial charge in [0.25, 0.3) is 5.91 Å². The Labute approximate surface area is 173 Å². The Morgan fingerprint density at radius 3 is 2.43 bits per heavy atom. The number of carbonyl (C=O) groups excluding carboxylic acids is 1. The molecule has 0 aliphatic heterocycles. The molecule has 6 nitrogen and oxygen atoms in total. The number of hydrogen-bond donors (Lipinski definition) is 1. The number of amides is 1. The minimum absolute atomic E-state index is 0.144. The van der Waals surface area contributed by atoms with Gasteiger partial charge in [0.15, 0.2) is 5.13 Å². The maximum atomic E-state index is 12.5. The van der Waals surface area contributed by atoms with Gasteiger partial charge in [0.05, 0.1) is 15.1 Å². The van der Waals surface area contributed by atoms with Gasteiger partial charge in [0, 0.05) is 23.7 Å². The number of thiazole rings is 1. The minimum atomic E-state index is -3.59. The molecule has 1 heterocycles. The van der Waals surface area contributed by atoms with E-state index in [4.69, 9.17) is 11.6 Å². The van der Waals surface area contributed by atoms with Gasteiger partial charge in [-0.3, -0.25) is 10.1 Å². The van der Waals surface area contributed by atoms with E-state index in [1.807, 2.05) is 13.0 Å². The van der Waals surface area contributed by atoms with Crippen molar-refractivity contribution in [3.8, 4) is 0 Å². The standard InChI is InChI=1S/C19H20ClN3O3S2/c1-11(2)23(4)28(25,26)14-7-5-13(6-8-14)18(24)22-19-21-17-12(3)15(20)9-10-16(17)27-19/h5-11H,1-4H3,(H,21,22,24). The molecular formula is C19H20ClN3O3S2. The molecule has 0 unspecified atom stereocenters. The summed E-state index contributed by atoms with van der Waals surface area (Å²) >= 11 is 7.47. The third-order valence-corrected chi connectivity index (χ3v) is 7.88. The number of hydrogen-bond acceptors (Lipinski definition) is 5. The van der Waals surface area contributed by atoms with Gasteiger partial charge in [0.1, 0.15) is 0 Å². The first kappa shape index (κ1) is 20.7. The van der Waals surface area contributed by atoms with Crippen LogP contribution in [0, 0.1) is 6.92 Å². The van der Waals surface area contributed by atoms with Crippen LogP contribution < -0.4 is 5.32 Å². The molecule has 0 saturated carbocycles. The van der Waals surface area contributed by atoms with Crippen LogP contribution in [0.15, 0.2) is 41.3 Å². The van der Waals surface area contributed by atoms with E-state index in [-0.39, 0.29) is 16.8 Å². The summed E-state index contributed by atoms with van der Waals surface area (Å²) < 4.78 is 27.2. The molecule has 2 aromatic carbocycles. The van der Waals surface area contributed by atoms with Crippen LogP contribution >= 0.6 is 22.9 Å². The first-order valence-corrected chi connectivity index (χ1v) is 11.2. The second-order valence-electron chi connectivity index (χ2n) is 6.63. The topological polar surface area (TPSA) is 79.4 Å². The predicted molar refractivity (Wildman–Crippen MR) is 114 cm³/mol. The second kappa shape index (κ2) is 7.79. The highest BCUT2D eigenvalue weighted by molar-refractivity contribution is 7.89. The van der Waals surface area contributed by atoms with Crippen molar-refractivity contribution in [2.45, 2.75) is 31.7 Å². The predicted octanol–water partition coefficient (Wildman–Crippen LogP) is 4.54. The normalized spacial score (nSPS) is 12.1. The Morgan fingerprint density at radius 1 is 1.18 bits per heavy atom. The van der Waals surface area contributed by atoms with E-state index in [9.17, 15) is 13.2 Å². The molecule has 9 heteroatoms. The molecule has 1 N–H and O–H groups in total. The second-order valence-corrected chi connectivity index (χ2v) is 10.1. The van der Waals surface area contributed by atoms with Crippen LogP contribution in [0.2, 0.25) is 5.02 Å². The number of fused-ring (bicyclic) bond motifs is 1. The summed E-state index contributed by atoms with van der Waals surface area (Å²) in [7, 11) is -2.06. The lowest BCUT2D eigenvalue weighted by atomic mass is 10.2. The minimum Gasteiger partial charge on any atom is -0.298 e. The van der Waals surface area contributed by atoms with Crippen LogP contribution in [-0.4, -0.2) is 36.7 Å². The van der Waals surface area contributed by atoms with Crippen LogP contribution in [0.1, 0.15) is 29.8 Å². The van der Waals surface area contributed by atoms with Crippen LogP contribution in [-0.2, 0) is 10.0 Å². The lowest BCUT2D eigenvalue weighted by Gasteiger charge is -2.20. The van der Waals surface area contributed by atoms with E-state index in [0.29, 0.717) is 15.7 Å². The maximum Gasteiger partial charge on any atom is 0.257 e. The molecule has 3 aromatic rings. The Morgan fingerprint density at radius 2 is 1.82 bits per heavy atom. The van der Waals surface area contributed by atoms with Gasteiger partial charge in [0.2, 0.25) is 10.0 Å². The quantitative estimate of drug-likeness (QED) is 0.635. The number of nitrogens with one attached hydrogen (secondary N) is 1. The highest BCUT2D eigenvalue weighted by atomic mass is 35.5. The Hall–Kier alpha value is -2.00. The zero-order chi connectivity index (χ0) is 20.6. The fraction of sp³-hybridized carbons (Fsp3) is 0.263. The van der Waals surface area contributed by atoms with E-state index < -0.39 is 10.0 Å². The van der Waals surface area contributed by atoms with Crippen molar-refractivity contribution >= 4 is 54.2 Å². The third kappa shape index (κ3) is 3.91. The fourth-order valence-corrected chi connectivity index (χ4v) is 4.99. The SMILES string of the molecule is Cc1c(Cl)ccc2sc(NC(=O)c3ccc(S(=O)(=O)N(C)C(C)C)cc3)nc12. The summed E-state index contributed by atoms with van der Waals surface area (Å²) in [6.07, 6.45) is 0. The van der Waals surface area contributed by atoms with E-state index in [2.05, 4.69) is 10.3 Å². The van der Waals surface area contributed by atoms with Crippen molar-refractivity contribution in [1.29, 1.82) is 0 Å². The van der Waals surface area contributed by atoms with E-state index >= 15 is 0 Å². The van der Waals surface area contributed by atoms with Gasteiger partial charge in [-0.05, 0) is 62.7 Å². The number of aromatic nitrogens is 1. The fourth-order valence-electron chi connectivity index (χ4n) is 2.55. The number of aryl methyl sites for hydroxylation is 1. The highest BCUT2D eigenvalue weighted by Gasteiger charge is 2.23. The lowest BCUT2D eigenvalue weighted by Crippen LogP contribution is -2.33. The molecule has 0 bridgehead atoms. The summed E-state index contributed by atoms with van der Waals surface area (Å²) in [5.41, 5.74) is 1.96. The lowest BCUT2D eigenvalue weighted by molar-refractivity contribution is 0.102. The Balaban J connectivity index is 1.81. The highest BCUT2D eigenvalue weighted by Crippen LogP contribution is 2.31. The third-order valence-electron chi connectivity index (χ3n) is 4.49. The van der Waals surface area contributed by atoms with Crippen molar-refractivity contribution in [3.05, 3.63) is 52.5 Å². The van der Waals surface area contributed by atoms with Gasteiger partial charge >= 0.3 is 0 Å². The van der Waals surface area contributed by atoms with Gasteiger partial charge in [-0.15, -0.1) is 0 Å². The smallest absolute Gasteiger partial charge is 0.257 e. The van der Waals surface area contributed by atoms with Crippen LogP contribution in [0.3, 0.4) is 0 Å². The van der Waals surface area contributed by atoms with Crippen molar-refractivity contribution < 1.29 is 13.2 Å². The average molecular weight is 438 g/mol. The Kier molecular flexibility index (Phi) is 5.77. The molecular weight excluding hydrogens is 418 g/mol. The average Bonchev–Trinajstić information content (AvgIpc) is 3.07. The monoisotopic (exact) mass is 437 g/mol. The number of rotatable bonds is 5. The first-order chi connectivity index (χ1) is 13.1. The number of benzene rings is 2. The van der Waals surface area contributed by atoms with Crippen LogP contribution in [0.5, 0.6) is 0 Å². The van der Waals surface area contributed by atoms with Crippen molar-refractivity contribution in [1.82, 2.24) is 9.29 Å². The maximum absolute atomic E-state index is 12.5. The summed E-state index contributed by atoms with van der Waals surface area (Å²) in [5.74, 6) is -0.357. The van der Waals surface area contributed by atoms with Gasteiger partial charge < -0.3 is 0 Å². The number of carbonyl (C=O) groups is 1. The number of anilines is 1. The van der Waals surface area contributed by atoms with E-state index in [0.717, 1.165) is 15.8 Å². The van der Waals surface area contributed by atoms with E-state index in [1.165, 1.54) is 47.0 Å². The molecule has 28 heavy (non-hydrogen) atoms. The number of sulfonamides is 1. The number of nitrogens with zero attached hydrogens (tertiary/aromatic N) is 2. The van der Waals surface area contributed by atoms with Crippen molar-refractivity contribution in [2.75, 3.05) is 12.4 Å². The summed E-state index contributed by atoms with van der Waals surface area (Å²) in [6, 6.07) is 9.36. The van der Waals surface area contributed by atoms with Gasteiger partial charge in [-0.1, -0.05) is 22.9 Å². The molecule has 0 aliphatic carbocycles. The molecule has 1 amide bonds. The zero-order valence-corrected chi connectivity index (χ0v) is 18.2. The van der Waals surface area contributed by atoms with Crippen LogP contribution in [0.4, 0.5) is 5.13 Å². The molecule has 0 saturated heterocycles. The molecule has 1 aromatic heterocycles. The van der Waals surface area contributed by atoms with Crippen LogP contribution in [0.25, 0.3) is 10.2 Å². The summed E-state index contributed by atoms with van der Waals surface area (Å²) in [6.45, 7) is 5.47. The van der Waals surface area contributed by atoms with Gasteiger partial charge in [-0.25, -0.2) is 13.4 Å². The summed E-state index contributed by atoms with van der Waals surface area (Å²) in [5, 5.41) is 3.84. The van der Waals surface area contributed by atoms with Crippen molar-refractivity contribution in [3.63, 3.8) is 0 Å². The Bertz CT molecular complexity index is 1140. The molecule has 0 aliphatic rings. The molecule has 148 valence electrons. The largest absolute Gasteiger partial charge is 0.298 e. The van der Waals surface area contributed by atoms with Gasteiger partial charge in [-0.2, -0.15) is 4.31 Å². The zero-order valence-electron chi connectivity index (χ0n) is 15.9. The molecule has 0 atom stereocenters. The van der Waals surface area contributed by atoms with Crippen molar-refractivity contribution in [2.24, 2.45) is 0 Å². The molecule has 0 radical (unpaired) electrons. The summed E-state index contributed by atoms with van der Waals surface area (Å²) in [4.78, 5) is 17.1. The molecule has 3 rings (SSSR count). The first-order valence-electron chi connectivity index (χ1n) is 8.56. The molecule has 0 spiro atoms. The molecule has 0 fully saturated rings. The van der Waals surface area contributed by atoms with E-state index in [1.54, 1.807) is 19.9 Å². The number of halogens is 1.